The molecule has 3 nitrogen and oxygen atoms in total. The normalized spacial score (nSPS) is 15.2. The first-order valence-corrected chi connectivity index (χ1v) is 4.64. The molecule has 0 aliphatic carbocycles. The smallest absolute Gasteiger partial charge is 0.248 e. The van der Waals surface area contributed by atoms with Crippen LogP contribution in [0.1, 0.15) is 17.5 Å². The van der Waals surface area contributed by atoms with Crippen molar-refractivity contribution in [2.45, 2.75) is 19.9 Å². The molecule has 72 valence electrons. The van der Waals surface area contributed by atoms with Crippen LogP contribution in [0.3, 0.4) is 0 Å². The Morgan fingerprint density at radius 1 is 1.36 bits per heavy atom. The largest absolute Gasteiger partial charge is 0.273 e. The van der Waals surface area contributed by atoms with Gasteiger partial charge in [-0.05, 0) is 12.5 Å². The van der Waals surface area contributed by atoms with Crippen molar-refractivity contribution in [1.29, 1.82) is 0 Å². The second-order valence-corrected chi connectivity index (χ2v) is 3.44. The van der Waals surface area contributed by atoms with Gasteiger partial charge in [0.2, 0.25) is 5.91 Å². The molecule has 0 N–H and O–H groups in total. The zero-order chi connectivity index (χ0) is 9.97. The summed E-state index contributed by atoms with van der Waals surface area (Å²) in [5, 5.41) is 5.50. The molecule has 1 heterocycles. The van der Waals surface area contributed by atoms with Crippen LogP contribution in [-0.4, -0.2) is 17.1 Å². The van der Waals surface area contributed by atoms with E-state index < -0.39 is 0 Å². The quantitative estimate of drug-likeness (QED) is 0.695. The summed E-state index contributed by atoms with van der Waals surface area (Å²) in [7, 11) is 0. The Balaban J connectivity index is 2.07. The van der Waals surface area contributed by atoms with Crippen LogP contribution in [0.25, 0.3) is 0 Å². The molecule has 1 amide bonds. The molecular weight excluding hydrogens is 176 g/mol. The van der Waals surface area contributed by atoms with Crippen LogP contribution in [0.15, 0.2) is 29.4 Å². The van der Waals surface area contributed by atoms with Gasteiger partial charge in [-0.25, -0.2) is 5.01 Å². The van der Waals surface area contributed by atoms with Crippen LogP contribution < -0.4 is 0 Å². The van der Waals surface area contributed by atoms with Crippen LogP contribution in [0, 0.1) is 6.92 Å². The molecule has 0 spiro atoms. The summed E-state index contributed by atoms with van der Waals surface area (Å²) in [5.74, 6) is 0.0746. The highest BCUT2D eigenvalue weighted by molar-refractivity contribution is 5.93. The lowest BCUT2D eigenvalue weighted by atomic mass is 10.1. The summed E-state index contributed by atoms with van der Waals surface area (Å²) in [6, 6.07) is 8.13. The predicted octanol–water partition coefficient (Wildman–Crippen LogP) is 1.71. The minimum absolute atomic E-state index is 0.0746. The second kappa shape index (κ2) is 3.62. The highest BCUT2D eigenvalue weighted by Crippen LogP contribution is 2.10. The summed E-state index contributed by atoms with van der Waals surface area (Å²) < 4.78 is 0. The van der Waals surface area contributed by atoms with Gasteiger partial charge >= 0.3 is 0 Å². The summed E-state index contributed by atoms with van der Waals surface area (Å²) in [6.07, 6.45) is 2.09. The lowest BCUT2D eigenvalue weighted by Gasteiger charge is -2.11. The Morgan fingerprint density at radius 2 is 2.07 bits per heavy atom. The first kappa shape index (κ1) is 8.94. The average Bonchev–Trinajstić information content (AvgIpc) is 2.56. The zero-order valence-electron chi connectivity index (χ0n) is 8.10. The minimum Gasteiger partial charge on any atom is -0.273 e. The van der Waals surface area contributed by atoms with Crippen LogP contribution in [-0.2, 0) is 11.3 Å². The Hall–Kier alpha value is -1.64. The monoisotopic (exact) mass is 188 g/mol. The van der Waals surface area contributed by atoms with Gasteiger partial charge in [-0.1, -0.05) is 29.8 Å². The number of aryl methyl sites for hydroxylation is 1. The molecule has 0 aromatic heterocycles. The van der Waals surface area contributed by atoms with Gasteiger partial charge in [0.1, 0.15) is 0 Å². The number of rotatable bonds is 2. The summed E-state index contributed by atoms with van der Waals surface area (Å²) >= 11 is 0. The zero-order valence-corrected chi connectivity index (χ0v) is 8.10. The molecule has 14 heavy (non-hydrogen) atoms. The molecule has 0 radical (unpaired) electrons. The standard InChI is InChI=1S/C11H12N2O/c1-9-2-4-10(5-3-9)8-13-11(14)6-7-12-13/h2-5,7H,6,8H2,1H3. The molecule has 1 aliphatic heterocycles. The Bertz CT molecular complexity index is 367. The second-order valence-electron chi connectivity index (χ2n) is 3.44. The molecule has 0 bridgehead atoms. The van der Waals surface area contributed by atoms with Gasteiger partial charge < -0.3 is 0 Å². The van der Waals surface area contributed by atoms with Gasteiger partial charge in [0, 0.05) is 6.21 Å². The van der Waals surface area contributed by atoms with Gasteiger partial charge in [0.15, 0.2) is 0 Å². The number of nitrogens with zero attached hydrogens (tertiary/aromatic N) is 2. The van der Waals surface area contributed by atoms with Gasteiger partial charge in [-0.3, -0.25) is 4.79 Å². The first-order chi connectivity index (χ1) is 6.75. The SMILES string of the molecule is Cc1ccc(CN2N=CCC2=O)cc1. The van der Waals surface area contributed by atoms with Crippen molar-refractivity contribution in [1.82, 2.24) is 5.01 Å². The number of benzene rings is 1. The summed E-state index contributed by atoms with van der Waals surface area (Å²) in [4.78, 5) is 11.2. The topological polar surface area (TPSA) is 32.7 Å². The molecule has 0 saturated carbocycles. The number of carbonyl (C=O) groups is 1. The summed E-state index contributed by atoms with van der Waals surface area (Å²) in [5.41, 5.74) is 2.34. The molecule has 1 aromatic rings. The number of hydrogen-bond acceptors (Lipinski definition) is 2. The van der Waals surface area contributed by atoms with E-state index in [1.807, 2.05) is 31.2 Å². The molecular formula is C11H12N2O. The molecule has 3 heteroatoms. The third-order valence-electron chi connectivity index (χ3n) is 2.23. The van der Waals surface area contributed by atoms with Crippen molar-refractivity contribution in [2.75, 3.05) is 0 Å². The third-order valence-corrected chi connectivity index (χ3v) is 2.23. The Kier molecular flexibility index (Phi) is 2.31. The maximum absolute atomic E-state index is 11.2. The molecule has 2 rings (SSSR count). The van der Waals surface area contributed by atoms with E-state index in [9.17, 15) is 4.79 Å². The van der Waals surface area contributed by atoms with E-state index >= 15 is 0 Å². The molecule has 0 fully saturated rings. The maximum atomic E-state index is 11.2. The molecule has 0 unspecified atom stereocenters. The van der Waals surface area contributed by atoms with Crippen molar-refractivity contribution in [3.8, 4) is 0 Å². The summed E-state index contributed by atoms with van der Waals surface area (Å²) in [6.45, 7) is 2.62. The number of carbonyl (C=O) groups excluding carboxylic acids is 1. The fraction of sp³-hybridized carbons (Fsp3) is 0.273. The Morgan fingerprint density at radius 3 is 2.64 bits per heavy atom. The van der Waals surface area contributed by atoms with Gasteiger partial charge in [-0.2, -0.15) is 5.10 Å². The number of hydrogen-bond donors (Lipinski definition) is 0. The average molecular weight is 188 g/mol. The van der Waals surface area contributed by atoms with Crippen LogP contribution in [0.2, 0.25) is 0 Å². The molecule has 0 atom stereocenters. The van der Waals surface area contributed by atoms with Crippen molar-refractivity contribution >= 4 is 12.1 Å². The van der Waals surface area contributed by atoms with Crippen molar-refractivity contribution in [3.05, 3.63) is 35.4 Å². The van der Waals surface area contributed by atoms with Crippen LogP contribution in [0.5, 0.6) is 0 Å². The molecule has 1 aromatic carbocycles. The van der Waals surface area contributed by atoms with Gasteiger partial charge in [-0.15, -0.1) is 0 Å². The lowest BCUT2D eigenvalue weighted by Crippen LogP contribution is -2.19. The van der Waals surface area contributed by atoms with Crippen molar-refractivity contribution in [2.24, 2.45) is 5.10 Å². The van der Waals surface area contributed by atoms with Crippen molar-refractivity contribution in [3.63, 3.8) is 0 Å². The Labute approximate surface area is 83.0 Å². The first-order valence-electron chi connectivity index (χ1n) is 4.64. The van der Waals surface area contributed by atoms with E-state index in [1.54, 1.807) is 6.21 Å². The third kappa shape index (κ3) is 1.82. The van der Waals surface area contributed by atoms with E-state index in [4.69, 9.17) is 0 Å². The lowest BCUT2D eigenvalue weighted by molar-refractivity contribution is -0.129. The van der Waals surface area contributed by atoms with E-state index in [-0.39, 0.29) is 5.91 Å². The maximum Gasteiger partial charge on any atom is 0.248 e. The molecule has 0 saturated heterocycles. The number of hydrazone groups is 1. The van der Waals surface area contributed by atoms with Crippen LogP contribution in [0.4, 0.5) is 0 Å². The van der Waals surface area contributed by atoms with E-state index in [2.05, 4.69) is 5.10 Å². The van der Waals surface area contributed by atoms with Crippen molar-refractivity contribution < 1.29 is 4.79 Å². The molecule has 1 aliphatic rings. The highest BCUT2D eigenvalue weighted by atomic mass is 16.2. The van der Waals surface area contributed by atoms with E-state index in [0.717, 1.165) is 5.56 Å². The van der Waals surface area contributed by atoms with Gasteiger partial charge in [0.25, 0.3) is 0 Å². The van der Waals surface area contributed by atoms with E-state index in [1.165, 1.54) is 10.6 Å². The fourth-order valence-corrected chi connectivity index (χ4v) is 1.38. The number of amides is 1. The van der Waals surface area contributed by atoms with Crippen LogP contribution >= 0.6 is 0 Å². The minimum atomic E-state index is 0.0746. The van der Waals surface area contributed by atoms with E-state index in [0.29, 0.717) is 13.0 Å². The highest BCUT2D eigenvalue weighted by Gasteiger charge is 2.16. The fourth-order valence-electron chi connectivity index (χ4n) is 1.38. The predicted molar refractivity (Wildman–Crippen MR) is 54.8 cm³/mol. The van der Waals surface area contributed by atoms with Gasteiger partial charge in [0.05, 0.1) is 13.0 Å².